The summed E-state index contributed by atoms with van der Waals surface area (Å²) in [5, 5.41) is 12.1. The van der Waals surface area contributed by atoms with Gasteiger partial charge in [-0.2, -0.15) is 11.8 Å². The third-order valence-corrected chi connectivity index (χ3v) is 13.6. The van der Waals surface area contributed by atoms with Crippen molar-refractivity contribution in [3.05, 3.63) is 65.2 Å². The zero-order valence-corrected chi connectivity index (χ0v) is 45.6. The molecule has 2 aromatic rings. The molecule has 4 N–H and O–H groups in total. The number of carbonyl (C=O) groups is 4. The summed E-state index contributed by atoms with van der Waals surface area (Å²) >= 11 is 1.90. The smallest absolute Gasteiger partial charge is 0.315 e. The number of thioether (sulfide) groups is 1. The normalized spacial score (nSPS) is 16.3. The van der Waals surface area contributed by atoms with Crippen LogP contribution in [0.1, 0.15) is 55.2 Å². The Bertz CT molecular complexity index is 2010. The monoisotopic (exact) mass is 1100 g/mol. The third-order valence-electron chi connectivity index (χ3n) is 12.0. The lowest BCUT2D eigenvalue weighted by atomic mass is 10.0. The first-order chi connectivity index (χ1) is 38.0. The van der Waals surface area contributed by atoms with E-state index in [1.54, 1.807) is 4.90 Å². The van der Waals surface area contributed by atoms with E-state index >= 15 is 0 Å². The molecule has 3 aliphatic rings. The van der Waals surface area contributed by atoms with E-state index in [2.05, 4.69) is 33.1 Å². The summed E-state index contributed by atoms with van der Waals surface area (Å²) in [6, 6.07) is 15.8. The second-order valence-electron chi connectivity index (χ2n) is 17.8. The maximum atomic E-state index is 13.3. The van der Waals surface area contributed by atoms with E-state index in [1.807, 2.05) is 60.3 Å². The number of nitrogens with zero attached hydrogens (tertiary/aromatic N) is 1. The van der Waals surface area contributed by atoms with Gasteiger partial charge in [0.1, 0.15) is 0 Å². The van der Waals surface area contributed by atoms with Crippen molar-refractivity contribution in [3.63, 3.8) is 0 Å². The van der Waals surface area contributed by atoms with Gasteiger partial charge in [-0.15, -0.1) is 0 Å². The SMILES string of the molecule is O=C(CCCCC1SC[C@H]2NC(=O)N[C@@H]12)NCCOCCOCCOCCOCCOCCOCCOCCOCCOCCOCCOCCOCCC(=O)NCCC(=O)N1Cc2ccccc2C#Cc2ccccc21. The summed E-state index contributed by atoms with van der Waals surface area (Å²) < 4.78 is 66.3. The minimum Gasteiger partial charge on any atom is -0.379 e. The van der Waals surface area contributed by atoms with Crippen molar-refractivity contribution >= 4 is 41.2 Å². The Kier molecular flexibility index (Phi) is 34.2. The van der Waals surface area contributed by atoms with Crippen LogP contribution in [0.2, 0.25) is 0 Å². The molecule has 2 saturated heterocycles. The first kappa shape index (κ1) is 63.4. The van der Waals surface area contributed by atoms with Crippen LogP contribution in [0.15, 0.2) is 48.5 Å². The van der Waals surface area contributed by atoms with Crippen molar-refractivity contribution in [1.29, 1.82) is 0 Å². The van der Waals surface area contributed by atoms with E-state index in [9.17, 15) is 19.2 Å². The number of urea groups is 1. The lowest BCUT2D eigenvalue weighted by Crippen LogP contribution is -2.36. The van der Waals surface area contributed by atoms with Gasteiger partial charge in [-0.05, 0) is 36.6 Å². The fraction of sp³-hybridized carbons (Fsp3) is 0.673. The van der Waals surface area contributed by atoms with Gasteiger partial charge in [-0.1, -0.05) is 48.6 Å². The van der Waals surface area contributed by atoms with Gasteiger partial charge in [-0.25, -0.2) is 4.79 Å². The standard InChI is InChI=1S/C55H83N5O16S/c61-51(12-6-5-11-50-54-48(44-77-50)58-55(64)59-54)57-18-20-66-22-24-68-26-28-70-30-32-72-34-36-74-38-40-76-42-41-75-39-37-73-35-33-71-31-29-69-27-25-67-23-21-65-19-16-52(62)56-17-15-53(63)60-43-47-9-2-1-7-45(47)13-14-46-8-3-4-10-49(46)60/h1-4,7-10,48,50,54H,5-6,11-12,15-44H2,(H,56,62)(H,57,61)(H2,58,59,64)/t48-,50?,54-/m1/s1. The Balaban J connectivity index is 0.651. The van der Waals surface area contributed by atoms with Crippen molar-refractivity contribution in [3.8, 4) is 11.8 Å². The molecule has 430 valence electrons. The van der Waals surface area contributed by atoms with Crippen LogP contribution >= 0.6 is 11.8 Å². The van der Waals surface area contributed by atoms with Crippen molar-refractivity contribution < 1.29 is 76.0 Å². The zero-order valence-electron chi connectivity index (χ0n) is 44.8. The molecule has 2 aromatic carbocycles. The molecule has 0 saturated carbocycles. The van der Waals surface area contributed by atoms with Crippen LogP contribution in [-0.2, 0) is 77.8 Å². The quantitative estimate of drug-likeness (QED) is 0.0424. The number of anilines is 1. The van der Waals surface area contributed by atoms with Gasteiger partial charge >= 0.3 is 6.03 Å². The summed E-state index contributed by atoms with van der Waals surface area (Å²) in [4.78, 5) is 51.0. The predicted octanol–water partition coefficient (Wildman–Crippen LogP) is 2.87. The third kappa shape index (κ3) is 28.3. The average molecular weight is 1100 g/mol. The highest BCUT2D eigenvalue weighted by Gasteiger charge is 2.42. The molecule has 2 fully saturated rings. The Hall–Kier alpha value is -4.45. The number of unbranched alkanes of at least 4 members (excludes halogenated alkanes) is 1. The molecule has 3 heterocycles. The minimum atomic E-state index is -0.177. The van der Waals surface area contributed by atoms with Gasteiger partial charge in [0, 0.05) is 54.5 Å². The Morgan fingerprint density at radius 1 is 0.506 bits per heavy atom. The Labute approximate surface area is 458 Å². The molecule has 22 heteroatoms. The molecular formula is C55H83N5O16S. The van der Waals surface area contributed by atoms with E-state index in [0.717, 1.165) is 47.4 Å². The van der Waals surface area contributed by atoms with Crippen LogP contribution in [0.3, 0.4) is 0 Å². The number of rotatable bonds is 47. The molecule has 21 nitrogen and oxygen atoms in total. The van der Waals surface area contributed by atoms with Gasteiger partial charge in [-0.3, -0.25) is 14.4 Å². The van der Waals surface area contributed by atoms with Gasteiger partial charge in [0.05, 0.1) is 183 Å². The highest BCUT2D eigenvalue weighted by molar-refractivity contribution is 8.00. The molecule has 0 aliphatic carbocycles. The van der Waals surface area contributed by atoms with Gasteiger partial charge in [0.2, 0.25) is 17.7 Å². The van der Waals surface area contributed by atoms with E-state index in [1.165, 1.54) is 0 Å². The molecule has 5 rings (SSSR count). The molecule has 0 spiro atoms. The number of benzene rings is 2. The van der Waals surface area contributed by atoms with Crippen molar-refractivity contribution in [2.24, 2.45) is 0 Å². The van der Waals surface area contributed by atoms with Gasteiger partial charge in [0.15, 0.2) is 0 Å². The maximum absolute atomic E-state index is 13.3. The van der Waals surface area contributed by atoms with Crippen molar-refractivity contribution in [2.45, 2.75) is 62.4 Å². The van der Waals surface area contributed by atoms with E-state index in [4.69, 9.17) is 56.8 Å². The highest BCUT2D eigenvalue weighted by Crippen LogP contribution is 2.33. The second-order valence-corrected chi connectivity index (χ2v) is 19.1. The minimum absolute atomic E-state index is 0.0361. The van der Waals surface area contributed by atoms with E-state index < -0.39 is 0 Å². The first-order valence-corrected chi connectivity index (χ1v) is 28.2. The molecule has 5 amide bonds. The fourth-order valence-corrected chi connectivity index (χ4v) is 9.59. The van der Waals surface area contributed by atoms with Crippen LogP contribution in [0.25, 0.3) is 0 Å². The number of para-hydroxylation sites is 1. The van der Waals surface area contributed by atoms with Gasteiger partial charge < -0.3 is 83.0 Å². The van der Waals surface area contributed by atoms with Crippen LogP contribution in [0.4, 0.5) is 10.5 Å². The van der Waals surface area contributed by atoms with Crippen LogP contribution in [0, 0.1) is 11.8 Å². The molecule has 77 heavy (non-hydrogen) atoms. The largest absolute Gasteiger partial charge is 0.379 e. The predicted molar refractivity (Wildman–Crippen MR) is 289 cm³/mol. The summed E-state index contributed by atoms with van der Waals surface area (Å²) in [7, 11) is 0. The molecule has 1 unspecified atom stereocenters. The summed E-state index contributed by atoms with van der Waals surface area (Å²) in [5.74, 6) is 7.14. The molecule has 3 atom stereocenters. The Morgan fingerprint density at radius 3 is 1.49 bits per heavy atom. The second kappa shape index (κ2) is 41.6. The topological polar surface area (TPSA) is 230 Å². The summed E-state index contributed by atoms with van der Waals surface area (Å²) in [6.07, 6.45) is 3.66. The zero-order chi connectivity index (χ0) is 54.1. The van der Waals surface area contributed by atoms with Crippen molar-refractivity contribution in [1.82, 2.24) is 21.3 Å². The van der Waals surface area contributed by atoms with E-state index in [0.29, 0.717) is 177 Å². The van der Waals surface area contributed by atoms with Crippen molar-refractivity contribution in [2.75, 3.05) is 182 Å². The number of fused-ring (bicyclic) bond motifs is 3. The number of hydrogen-bond acceptors (Lipinski definition) is 17. The van der Waals surface area contributed by atoms with Gasteiger partial charge in [0.25, 0.3) is 0 Å². The molecular weight excluding hydrogens is 1020 g/mol. The number of nitrogens with one attached hydrogen (secondary N) is 4. The Morgan fingerprint density at radius 2 is 0.948 bits per heavy atom. The summed E-state index contributed by atoms with van der Waals surface area (Å²) in [6.45, 7) is 11.8. The molecule has 0 bridgehead atoms. The summed E-state index contributed by atoms with van der Waals surface area (Å²) in [5.41, 5.74) is 3.45. The van der Waals surface area contributed by atoms with Crippen LogP contribution < -0.4 is 26.2 Å². The number of carbonyl (C=O) groups excluding carboxylic acids is 4. The maximum Gasteiger partial charge on any atom is 0.315 e. The lowest BCUT2D eigenvalue weighted by molar-refractivity contribution is -0.123. The fourth-order valence-electron chi connectivity index (χ4n) is 8.05. The van der Waals surface area contributed by atoms with Crippen LogP contribution in [-0.4, -0.2) is 218 Å². The van der Waals surface area contributed by atoms with Crippen LogP contribution in [0.5, 0.6) is 0 Å². The molecule has 3 aliphatic heterocycles. The highest BCUT2D eigenvalue weighted by atomic mass is 32.2. The molecule has 0 aromatic heterocycles. The number of hydrogen-bond donors (Lipinski definition) is 4. The number of ether oxygens (including phenoxy) is 12. The first-order valence-electron chi connectivity index (χ1n) is 27.1. The average Bonchev–Trinajstić information content (AvgIpc) is 4.00. The van der Waals surface area contributed by atoms with E-state index in [-0.39, 0.29) is 61.8 Å². The lowest BCUT2D eigenvalue weighted by Gasteiger charge is -2.26. The number of amides is 5. The molecule has 0 radical (unpaired) electrons.